The summed E-state index contributed by atoms with van der Waals surface area (Å²) in [6.07, 6.45) is 4.81. The normalized spacial score (nSPS) is 20.9. The third-order valence-electron chi connectivity index (χ3n) is 2.28. The molecule has 1 aromatic heterocycles. The Labute approximate surface area is 94.7 Å². The summed E-state index contributed by atoms with van der Waals surface area (Å²) in [5, 5.41) is 2.75. The van der Waals surface area contributed by atoms with Crippen molar-refractivity contribution >= 4 is 22.2 Å². The molecule has 15 heavy (non-hydrogen) atoms. The van der Waals surface area contributed by atoms with Gasteiger partial charge in [-0.2, -0.15) is 0 Å². The highest BCUT2D eigenvalue weighted by Gasteiger charge is 2.31. The highest BCUT2D eigenvalue weighted by molar-refractivity contribution is 7.92. The fourth-order valence-electron chi connectivity index (χ4n) is 1.50. The zero-order chi connectivity index (χ0) is 10.0. The maximum atomic E-state index is 11.9. The van der Waals surface area contributed by atoms with Gasteiger partial charge in [-0.25, -0.2) is 13.4 Å². The van der Waals surface area contributed by atoms with E-state index in [0.717, 1.165) is 6.54 Å². The van der Waals surface area contributed by atoms with Crippen LogP contribution >= 0.6 is 12.4 Å². The summed E-state index contributed by atoms with van der Waals surface area (Å²) in [4.78, 5) is 7.58. The van der Waals surface area contributed by atoms with E-state index >= 15 is 0 Å². The Morgan fingerprint density at radius 2 is 2.20 bits per heavy atom. The van der Waals surface area contributed by atoms with E-state index in [1.54, 1.807) is 0 Å². The number of hydrogen-bond acceptors (Lipinski definition) is 5. The van der Waals surface area contributed by atoms with Crippen molar-refractivity contribution in [3.8, 4) is 0 Å². The molecule has 2 rings (SSSR count). The Bertz CT molecular complexity index is 403. The van der Waals surface area contributed by atoms with E-state index in [9.17, 15) is 8.42 Å². The Morgan fingerprint density at radius 1 is 1.40 bits per heavy atom. The summed E-state index contributed by atoms with van der Waals surface area (Å²) in [5.41, 5.74) is 0. The lowest BCUT2D eigenvalue weighted by molar-refractivity contribution is 0.578. The molecule has 2 heterocycles. The number of nitrogens with one attached hydrogen (secondary N) is 1. The maximum absolute atomic E-state index is 11.9. The minimum absolute atomic E-state index is 0. The minimum atomic E-state index is -3.27. The molecule has 7 heteroatoms. The second-order valence-electron chi connectivity index (χ2n) is 3.20. The standard InChI is InChI=1S/C8H11N3O2S.ClH/c12-14(13,7-1-2-9-5-7)8-6-10-3-4-11-8;/h3-4,6-7,9H,1-2,5H2;1H. The lowest BCUT2D eigenvalue weighted by Crippen LogP contribution is -2.24. The fraction of sp³-hybridized carbons (Fsp3) is 0.500. The van der Waals surface area contributed by atoms with Crippen molar-refractivity contribution in [1.29, 1.82) is 0 Å². The second-order valence-corrected chi connectivity index (χ2v) is 5.38. The number of rotatable bonds is 2. The number of sulfone groups is 1. The third kappa shape index (κ3) is 2.45. The molecule has 1 saturated heterocycles. The van der Waals surface area contributed by atoms with Crippen molar-refractivity contribution < 1.29 is 8.42 Å². The van der Waals surface area contributed by atoms with Gasteiger partial charge in [0.05, 0.1) is 11.4 Å². The maximum Gasteiger partial charge on any atom is 0.201 e. The van der Waals surface area contributed by atoms with Crippen molar-refractivity contribution in [2.45, 2.75) is 16.7 Å². The molecule has 0 amide bonds. The first-order valence-electron chi connectivity index (χ1n) is 4.42. The van der Waals surface area contributed by atoms with E-state index in [1.165, 1.54) is 18.6 Å². The van der Waals surface area contributed by atoms with Gasteiger partial charge in [-0.15, -0.1) is 12.4 Å². The molecular weight excluding hydrogens is 238 g/mol. The van der Waals surface area contributed by atoms with Gasteiger partial charge in [0.15, 0.2) is 5.03 Å². The molecule has 84 valence electrons. The van der Waals surface area contributed by atoms with Crippen LogP contribution in [0, 0.1) is 0 Å². The lowest BCUT2D eigenvalue weighted by Gasteiger charge is -2.08. The zero-order valence-corrected chi connectivity index (χ0v) is 9.59. The second kappa shape index (κ2) is 4.87. The van der Waals surface area contributed by atoms with Crippen molar-refractivity contribution in [3.63, 3.8) is 0 Å². The van der Waals surface area contributed by atoms with Crippen molar-refractivity contribution in [2.75, 3.05) is 13.1 Å². The van der Waals surface area contributed by atoms with Crippen LogP contribution in [0.3, 0.4) is 0 Å². The Kier molecular flexibility index (Phi) is 4.01. The summed E-state index contributed by atoms with van der Waals surface area (Å²) in [6.45, 7) is 1.27. The number of nitrogens with zero attached hydrogens (tertiary/aromatic N) is 2. The average molecular weight is 250 g/mol. The smallest absolute Gasteiger partial charge is 0.201 e. The molecule has 1 aromatic rings. The molecule has 0 saturated carbocycles. The predicted molar refractivity (Wildman–Crippen MR) is 57.7 cm³/mol. The van der Waals surface area contributed by atoms with Crippen LogP contribution in [0.5, 0.6) is 0 Å². The van der Waals surface area contributed by atoms with E-state index in [4.69, 9.17) is 0 Å². The van der Waals surface area contributed by atoms with Gasteiger partial charge in [-0.05, 0) is 13.0 Å². The van der Waals surface area contributed by atoms with Gasteiger partial charge in [0, 0.05) is 18.9 Å². The molecule has 1 fully saturated rings. The van der Waals surface area contributed by atoms with Crippen molar-refractivity contribution in [3.05, 3.63) is 18.6 Å². The Morgan fingerprint density at radius 3 is 2.73 bits per heavy atom. The SMILES string of the molecule is Cl.O=S(=O)(c1cnccn1)C1CCNC1. The molecule has 0 aromatic carbocycles. The monoisotopic (exact) mass is 249 g/mol. The Hall–Kier alpha value is -0.720. The molecule has 1 aliphatic heterocycles. The Balaban J connectivity index is 0.00000112. The zero-order valence-electron chi connectivity index (χ0n) is 7.96. The molecule has 0 spiro atoms. The molecular formula is C8H12ClN3O2S. The van der Waals surface area contributed by atoms with E-state index in [0.29, 0.717) is 13.0 Å². The molecule has 0 aliphatic carbocycles. The van der Waals surface area contributed by atoms with Gasteiger partial charge < -0.3 is 5.32 Å². The van der Waals surface area contributed by atoms with Crippen LogP contribution in [-0.2, 0) is 9.84 Å². The van der Waals surface area contributed by atoms with Crippen molar-refractivity contribution in [1.82, 2.24) is 15.3 Å². The fourth-order valence-corrected chi connectivity index (χ4v) is 3.02. The molecule has 5 nitrogen and oxygen atoms in total. The summed E-state index contributed by atoms with van der Waals surface area (Å²) < 4.78 is 23.8. The minimum Gasteiger partial charge on any atom is -0.315 e. The molecule has 1 unspecified atom stereocenters. The van der Waals surface area contributed by atoms with Gasteiger partial charge in [0.2, 0.25) is 9.84 Å². The summed E-state index contributed by atoms with van der Waals surface area (Å²) in [5.74, 6) is 0. The predicted octanol–water partition coefficient (Wildman–Crippen LogP) is 0.0340. The van der Waals surface area contributed by atoms with Gasteiger partial charge in [0.25, 0.3) is 0 Å². The number of hydrogen-bond donors (Lipinski definition) is 1. The van der Waals surface area contributed by atoms with Gasteiger partial charge >= 0.3 is 0 Å². The van der Waals surface area contributed by atoms with Gasteiger partial charge in [-0.1, -0.05) is 0 Å². The highest BCUT2D eigenvalue weighted by atomic mass is 35.5. The van der Waals surface area contributed by atoms with E-state index in [2.05, 4.69) is 15.3 Å². The van der Waals surface area contributed by atoms with Crippen LogP contribution in [0.2, 0.25) is 0 Å². The van der Waals surface area contributed by atoms with E-state index in [-0.39, 0.29) is 22.7 Å². The first kappa shape index (κ1) is 12.4. The number of halogens is 1. The van der Waals surface area contributed by atoms with Crippen LogP contribution in [0.25, 0.3) is 0 Å². The van der Waals surface area contributed by atoms with Crippen LogP contribution in [-0.4, -0.2) is 36.7 Å². The van der Waals surface area contributed by atoms with E-state index in [1.807, 2.05) is 0 Å². The molecule has 0 radical (unpaired) electrons. The molecule has 1 atom stereocenters. The van der Waals surface area contributed by atoms with Crippen LogP contribution in [0.1, 0.15) is 6.42 Å². The average Bonchev–Trinajstić information content (AvgIpc) is 2.72. The molecule has 1 N–H and O–H groups in total. The molecule has 1 aliphatic rings. The highest BCUT2D eigenvalue weighted by Crippen LogP contribution is 2.17. The van der Waals surface area contributed by atoms with Crippen LogP contribution in [0.4, 0.5) is 0 Å². The summed E-state index contributed by atoms with van der Waals surface area (Å²) in [6, 6.07) is 0. The molecule has 0 bridgehead atoms. The van der Waals surface area contributed by atoms with Gasteiger partial charge in [0.1, 0.15) is 0 Å². The quantitative estimate of drug-likeness (QED) is 0.801. The third-order valence-corrected chi connectivity index (χ3v) is 4.36. The lowest BCUT2D eigenvalue weighted by atomic mass is 10.4. The van der Waals surface area contributed by atoms with Crippen LogP contribution in [0.15, 0.2) is 23.6 Å². The first-order valence-corrected chi connectivity index (χ1v) is 5.96. The first-order chi connectivity index (χ1) is 6.71. The summed E-state index contributed by atoms with van der Waals surface area (Å²) in [7, 11) is -3.27. The van der Waals surface area contributed by atoms with Crippen LogP contribution < -0.4 is 5.32 Å². The van der Waals surface area contributed by atoms with Crippen molar-refractivity contribution in [2.24, 2.45) is 0 Å². The largest absolute Gasteiger partial charge is 0.315 e. The number of aromatic nitrogens is 2. The summed E-state index contributed by atoms with van der Waals surface area (Å²) >= 11 is 0. The van der Waals surface area contributed by atoms with E-state index < -0.39 is 9.84 Å². The topological polar surface area (TPSA) is 72.0 Å². The van der Waals surface area contributed by atoms with Gasteiger partial charge in [-0.3, -0.25) is 4.98 Å².